The fourth-order valence-electron chi connectivity index (χ4n) is 7.21. The number of anilines is 3. The standard InChI is InChI=1S/C40H66N16O7/c1-6-18-61-20-22-63-23-21-62-19-9-43-38-44-39(53-14-10-51(11-15-53)36(59)34(28(4)7-2)55-24-32(47-49-55)30(41)26-57)46-40(45-38)54-16-12-52(13-17-54)37(60)35(29(5)8-3)56-25-33(48-50-56)31(42)27-58/h1,24-25,28-31,34-35,57-58H,7-23,26-27,41-42H2,2-5H3,(H,43,44,45,46)/t28-,29-,30-,31-,34-,35-/m0/s1. The minimum Gasteiger partial charge on any atom is -0.394 e. The molecule has 0 bridgehead atoms. The summed E-state index contributed by atoms with van der Waals surface area (Å²) in [5, 5.41) is 39.1. The predicted molar refractivity (Wildman–Crippen MR) is 232 cm³/mol. The van der Waals surface area contributed by atoms with E-state index in [2.05, 4.69) is 31.9 Å². The minimum atomic E-state index is -0.686. The summed E-state index contributed by atoms with van der Waals surface area (Å²) in [4.78, 5) is 50.4. The van der Waals surface area contributed by atoms with E-state index in [4.69, 9.17) is 47.1 Å². The Hall–Kier alpha value is -5.09. The number of nitrogens with one attached hydrogen (secondary N) is 1. The van der Waals surface area contributed by atoms with Gasteiger partial charge in [-0.05, 0) is 11.8 Å². The molecule has 0 unspecified atom stereocenters. The smallest absolute Gasteiger partial charge is 0.247 e. The number of rotatable bonds is 25. The Kier molecular flexibility index (Phi) is 19.2. The van der Waals surface area contributed by atoms with Crippen molar-refractivity contribution in [1.82, 2.24) is 54.7 Å². The lowest BCUT2D eigenvalue weighted by atomic mass is 9.97. The quantitative estimate of drug-likeness (QED) is 0.0504. The van der Waals surface area contributed by atoms with E-state index in [1.54, 1.807) is 21.8 Å². The van der Waals surface area contributed by atoms with Crippen molar-refractivity contribution in [3.8, 4) is 12.3 Å². The third kappa shape index (κ3) is 13.2. The predicted octanol–water partition coefficient (Wildman–Crippen LogP) is -0.994. The highest BCUT2D eigenvalue weighted by atomic mass is 16.5. The Morgan fingerprint density at radius 3 is 1.56 bits per heavy atom. The summed E-state index contributed by atoms with van der Waals surface area (Å²) in [5.74, 6) is 3.51. The Bertz CT molecular complexity index is 1780. The molecule has 23 heteroatoms. The maximum atomic E-state index is 14.1. The van der Waals surface area contributed by atoms with E-state index in [0.29, 0.717) is 121 Å². The van der Waals surface area contributed by atoms with Gasteiger partial charge in [-0.1, -0.05) is 56.9 Å². The molecule has 6 atom stereocenters. The molecule has 348 valence electrons. The molecule has 63 heavy (non-hydrogen) atoms. The Morgan fingerprint density at radius 2 is 1.14 bits per heavy atom. The highest BCUT2D eigenvalue weighted by molar-refractivity contribution is 5.81. The lowest BCUT2D eigenvalue weighted by Gasteiger charge is -2.38. The van der Waals surface area contributed by atoms with E-state index in [0.717, 1.165) is 12.8 Å². The number of nitrogens with two attached hydrogens (primary N) is 2. The number of aromatic nitrogens is 9. The molecule has 0 spiro atoms. The van der Waals surface area contributed by atoms with Gasteiger partial charge in [-0.3, -0.25) is 9.59 Å². The van der Waals surface area contributed by atoms with Gasteiger partial charge in [0.1, 0.15) is 30.1 Å². The third-order valence-electron chi connectivity index (χ3n) is 11.5. The summed E-state index contributed by atoms with van der Waals surface area (Å²) in [6.45, 7) is 13.8. The average Bonchev–Trinajstić information content (AvgIpc) is 4.01. The maximum Gasteiger partial charge on any atom is 0.247 e. The van der Waals surface area contributed by atoms with Crippen LogP contribution in [0.4, 0.5) is 17.8 Å². The minimum absolute atomic E-state index is 0.0339. The number of nitrogens with zero attached hydrogens (tertiary/aromatic N) is 13. The van der Waals surface area contributed by atoms with Crippen LogP contribution in [0.15, 0.2) is 12.4 Å². The molecule has 2 saturated heterocycles. The zero-order valence-electron chi connectivity index (χ0n) is 37.0. The van der Waals surface area contributed by atoms with E-state index >= 15 is 0 Å². The highest BCUT2D eigenvalue weighted by Crippen LogP contribution is 2.28. The van der Waals surface area contributed by atoms with E-state index in [9.17, 15) is 19.8 Å². The van der Waals surface area contributed by atoms with Gasteiger partial charge in [0.2, 0.25) is 29.7 Å². The van der Waals surface area contributed by atoms with Gasteiger partial charge in [-0.25, -0.2) is 9.36 Å². The number of terminal acetylenes is 1. The second-order valence-electron chi connectivity index (χ2n) is 15.8. The number of carbonyl (C=O) groups excluding carboxylic acids is 2. The number of carbonyl (C=O) groups is 2. The van der Waals surface area contributed by atoms with E-state index < -0.39 is 24.2 Å². The monoisotopic (exact) mass is 883 g/mol. The number of amides is 2. The van der Waals surface area contributed by atoms with Crippen LogP contribution < -0.4 is 26.6 Å². The molecule has 0 radical (unpaired) electrons. The molecule has 0 saturated carbocycles. The van der Waals surface area contributed by atoms with Gasteiger partial charge in [-0.15, -0.1) is 16.6 Å². The lowest BCUT2D eigenvalue weighted by Crippen LogP contribution is -2.52. The molecular weight excluding hydrogens is 817 g/mol. The first kappa shape index (κ1) is 48.9. The molecule has 2 aliphatic heterocycles. The lowest BCUT2D eigenvalue weighted by molar-refractivity contribution is -0.137. The molecule has 0 aliphatic carbocycles. The number of hydrogen-bond donors (Lipinski definition) is 5. The van der Waals surface area contributed by atoms with Crippen molar-refractivity contribution < 1.29 is 34.0 Å². The van der Waals surface area contributed by atoms with Crippen LogP contribution in [-0.4, -0.2) is 189 Å². The molecule has 23 nitrogen and oxygen atoms in total. The molecular formula is C40H66N16O7. The fraction of sp³-hybridized carbons (Fsp3) is 0.725. The van der Waals surface area contributed by atoms with Gasteiger partial charge in [0.15, 0.2) is 0 Å². The summed E-state index contributed by atoms with van der Waals surface area (Å²) in [7, 11) is 0. The molecule has 2 fully saturated rings. The van der Waals surface area contributed by atoms with Crippen LogP contribution in [0.5, 0.6) is 0 Å². The molecule has 3 aromatic heterocycles. The molecule has 2 aliphatic rings. The van der Waals surface area contributed by atoms with Crippen molar-refractivity contribution in [2.24, 2.45) is 23.3 Å². The normalized spacial score (nSPS) is 17.5. The zero-order chi connectivity index (χ0) is 45.3. The maximum absolute atomic E-state index is 14.1. The number of aliphatic hydroxyl groups excluding tert-OH is 2. The van der Waals surface area contributed by atoms with Crippen LogP contribution in [-0.2, 0) is 23.8 Å². The Morgan fingerprint density at radius 1 is 0.714 bits per heavy atom. The van der Waals surface area contributed by atoms with Crippen molar-refractivity contribution in [3.05, 3.63) is 23.8 Å². The summed E-state index contributed by atoms with van der Waals surface area (Å²) < 4.78 is 19.6. The van der Waals surface area contributed by atoms with Crippen LogP contribution >= 0.6 is 0 Å². The summed E-state index contributed by atoms with van der Waals surface area (Å²) in [5.41, 5.74) is 12.8. The SMILES string of the molecule is C#CCOCCOCCOCCNc1nc(N2CCN(C(=O)[C@H]([C@@H](C)CC)n3cc([C@@H](N)CO)nn3)CC2)nc(N2CCN(C(=O)[C@H]([C@@H](C)CC)n3cc([C@@H](N)CO)nn3)CC2)n1. The van der Waals surface area contributed by atoms with Crippen LogP contribution in [0, 0.1) is 24.2 Å². The summed E-state index contributed by atoms with van der Waals surface area (Å²) in [6, 6.07) is -2.54. The largest absolute Gasteiger partial charge is 0.394 e. The first-order valence-electron chi connectivity index (χ1n) is 21.8. The number of piperazine rings is 2. The number of ether oxygens (including phenoxy) is 3. The van der Waals surface area contributed by atoms with Crippen molar-refractivity contribution in [2.45, 2.75) is 64.7 Å². The number of hydrogen-bond acceptors (Lipinski definition) is 19. The zero-order valence-corrected chi connectivity index (χ0v) is 37.0. The van der Waals surface area contributed by atoms with E-state index in [-0.39, 0.29) is 43.5 Å². The van der Waals surface area contributed by atoms with Crippen molar-refractivity contribution in [3.63, 3.8) is 0 Å². The van der Waals surface area contributed by atoms with Crippen LogP contribution in [0.1, 0.15) is 76.1 Å². The molecule has 2 amide bonds. The highest BCUT2D eigenvalue weighted by Gasteiger charge is 2.36. The van der Waals surface area contributed by atoms with Crippen LogP contribution in [0.3, 0.4) is 0 Å². The first-order chi connectivity index (χ1) is 30.5. The van der Waals surface area contributed by atoms with Gasteiger partial charge in [0, 0.05) is 58.9 Å². The van der Waals surface area contributed by atoms with Gasteiger partial charge in [0.05, 0.1) is 70.7 Å². The van der Waals surface area contributed by atoms with Gasteiger partial charge in [0.25, 0.3) is 0 Å². The Balaban J connectivity index is 1.26. The molecule has 0 aromatic carbocycles. The molecule has 7 N–H and O–H groups in total. The van der Waals surface area contributed by atoms with Crippen molar-refractivity contribution in [2.75, 3.05) is 127 Å². The van der Waals surface area contributed by atoms with E-state index in [1.807, 2.05) is 47.3 Å². The van der Waals surface area contributed by atoms with Gasteiger partial charge >= 0.3 is 0 Å². The topological polar surface area (TPSA) is 279 Å². The van der Waals surface area contributed by atoms with Crippen LogP contribution in [0.2, 0.25) is 0 Å². The Labute approximate surface area is 368 Å². The van der Waals surface area contributed by atoms with E-state index in [1.165, 1.54) is 0 Å². The summed E-state index contributed by atoms with van der Waals surface area (Å²) >= 11 is 0. The summed E-state index contributed by atoms with van der Waals surface area (Å²) in [6.07, 6.45) is 9.97. The van der Waals surface area contributed by atoms with Gasteiger partial charge in [-0.2, -0.15) is 15.0 Å². The van der Waals surface area contributed by atoms with Crippen molar-refractivity contribution in [1.29, 1.82) is 0 Å². The van der Waals surface area contributed by atoms with Gasteiger partial charge < -0.3 is 60.8 Å². The van der Waals surface area contributed by atoms with Crippen molar-refractivity contribution >= 4 is 29.7 Å². The second-order valence-corrected chi connectivity index (χ2v) is 15.8. The fourth-order valence-corrected chi connectivity index (χ4v) is 7.21. The number of aliphatic hydroxyl groups is 2. The molecule has 5 heterocycles. The second kappa shape index (κ2) is 24.7. The molecule has 3 aromatic rings. The molecule has 5 rings (SSSR count). The average molecular weight is 883 g/mol. The van der Waals surface area contributed by atoms with Crippen LogP contribution in [0.25, 0.3) is 0 Å². The third-order valence-corrected chi connectivity index (χ3v) is 11.5. The first-order valence-corrected chi connectivity index (χ1v) is 21.8.